The molecule has 0 aromatic rings. The van der Waals surface area contributed by atoms with E-state index < -0.39 is 79.0 Å². The van der Waals surface area contributed by atoms with Gasteiger partial charge in [0.05, 0.1) is 0 Å². The van der Waals surface area contributed by atoms with E-state index in [4.69, 9.17) is 23.7 Å². The fourth-order valence-electron chi connectivity index (χ4n) is 3.39. The lowest BCUT2D eigenvalue weighted by molar-refractivity contribution is -0.288. The number of esters is 5. The summed E-state index contributed by atoms with van der Waals surface area (Å²) in [5.41, 5.74) is -2.37. The number of carbonyl (C=O) groups is 5. The van der Waals surface area contributed by atoms with E-state index in [9.17, 15) is 34.2 Å². The minimum atomic E-state index is -2.37. The van der Waals surface area contributed by atoms with E-state index in [0.717, 1.165) is 34.6 Å². The molecule has 0 heterocycles. The lowest BCUT2D eigenvalue weighted by Gasteiger charge is -2.51. The first-order valence-electron chi connectivity index (χ1n) is 9.02. The summed E-state index contributed by atoms with van der Waals surface area (Å²) in [6.45, 7) is 4.38. The number of aliphatic hydroxyl groups is 2. The molecule has 0 aromatic carbocycles. The highest BCUT2D eigenvalue weighted by atomic mass is 16.7. The van der Waals surface area contributed by atoms with Gasteiger partial charge in [-0.15, -0.1) is 0 Å². The zero-order valence-electron chi connectivity index (χ0n) is 17.3. The molecule has 0 aromatic heterocycles. The van der Waals surface area contributed by atoms with E-state index in [0.29, 0.717) is 0 Å². The van der Waals surface area contributed by atoms with Crippen molar-refractivity contribution < 1.29 is 57.9 Å². The van der Waals surface area contributed by atoms with Crippen molar-refractivity contribution in [1.82, 2.24) is 0 Å². The highest BCUT2D eigenvalue weighted by molar-refractivity contribution is 5.70. The van der Waals surface area contributed by atoms with Gasteiger partial charge < -0.3 is 33.9 Å². The van der Waals surface area contributed by atoms with Crippen molar-refractivity contribution in [3.63, 3.8) is 0 Å². The van der Waals surface area contributed by atoms with Gasteiger partial charge in [0.25, 0.3) is 0 Å². The summed E-state index contributed by atoms with van der Waals surface area (Å²) in [5, 5.41) is 20.9. The van der Waals surface area contributed by atoms with Crippen LogP contribution < -0.4 is 0 Å². The zero-order valence-corrected chi connectivity index (χ0v) is 17.3. The lowest BCUT2D eigenvalue weighted by Crippen LogP contribution is -2.74. The van der Waals surface area contributed by atoms with Crippen LogP contribution in [0.15, 0.2) is 0 Å². The van der Waals surface area contributed by atoms with Crippen molar-refractivity contribution in [2.75, 3.05) is 6.61 Å². The predicted octanol–water partition coefficient (Wildman–Crippen LogP) is -1.23. The molecule has 1 aliphatic rings. The second kappa shape index (κ2) is 10.3. The quantitative estimate of drug-likeness (QED) is 0.361. The number of aliphatic hydroxyl groups excluding tert-OH is 1. The Labute approximate surface area is 172 Å². The van der Waals surface area contributed by atoms with Gasteiger partial charge in [0.15, 0.2) is 30.5 Å². The van der Waals surface area contributed by atoms with Gasteiger partial charge in [-0.2, -0.15) is 0 Å². The monoisotopic (exact) mass is 434 g/mol. The van der Waals surface area contributed by atoms with Gasteiger partial charge in [-0.3, -0.25) is 24.0 Å². The largest absolute Gasteiger partial charge is 0.455 e. The van der Waals surface area contributed by atoms with Crippen molar-refractivity contribution in [2.24, 2.45) is 0 Å². The van der Waals surface area contributed by atoms with E-state index in [-0.39, 0.29) is 0 Å². The topological polar surface area (TPSA) is 172 Å². The summed E-state index contributed by atoms with van der Waals surface area (Å²) in [7, 11) is 0. The molecule has 1 rings (SSSR count). The standard InChI is InChI=1S/C18H26O12/c1-8(20)26-13-14(27-9(2)21)16(29-11(4)23)18(25,6-7-19)17(30-12(5)24)15(13)28-10(3)22/h13-17,19,25H,6-7H2,1-5H3/t13-,14?,15?,16?,17?,18-. The van der Waals surface area contributed by atoms with Crippen LogP contribution in [0, 0.1) is 0 Å². The first-order valence-corrected chi connectivity index (χ1v) is 9.02. The second-order valence-electron chi connectivity index (χ2n) is 6.75. The van der Waals surface area contributed by atoms with Crippen LogP contribution in [-0.4, -0.2) is 82.8 Å². The molecule has 0 amide bonds. The van der Waals surface area contributed by atoms with E-state index >= 15 is 0 Å². The van der Waals surface area contributed by atoms with Crippen molar-refractivity contribution in [1.29, 1.82) is 0 Å². The highest BCUT2D eigenvalue weighted by Crippen LogP contribution is 2.40. The van der Waals surface area contributed by atoms with Crippen LogP contribution in [0.2, 0.25) is 0 Å². The van der Waals surface area contributed by atoms with Gasteiger partial charge in [0, 0.05) is 47.6 Å². The second-order valence-corrected chi connectivity index (χ2v) is 6.75. The predicted molar refractivity (Wildman–Crippen MR) is 94.4 cm³/mol. The number of hydrogen-bond donors (Lipinski definition) is 2. The SMILES string of the molecule is CC(=O)OC1C(OC(C)=O)[C@](O)(CCO)C(OC(C)=O)C(OC(C)=O)[C@@H]1OC(C)=O. The molecule has 0 spiro atoms. The third kappa shape index (κ3) is 6.13. The molecule has 2 N–H and O–H groups in total. The Morgan fingerprint density at radius 1 is 0.633 bits per heavy atom. The van der Waals surface area contributed by atoms with Gasteiger partial charge in [-0.25, -0.2) is 0 Å². The minimum absolute atomic E-state index is 0.536. The third-order valence-electron chi connectivity index (χ3n) is 4.23. The molecular formula is C18H26O12. The van der Waals surface area contributed by atoms with Crippen LogP contribution in [-0.2, 0) is 47.7 Å². The van der Waals surface area contributed by atoms with Crippen LogP contribution in [0.4, 0.5) is 0 Å². The van der Waals surface area contributed by atoms with Crippen LogP contribution in [0.1, 0.15) is 41.0 Å². The molecule has 0 bridgehead atoms. The Morgan fingerprint density at radius 2 is 0.933 bits per heavy atom. The molecule has 12 heteroatoms. The maximum atomic E-state index is 11.7. The minimum Gasteiger partial charge on any atom is -0.455 e. The first-order chi connectivity index (χ1) is 13.8. The van der Waals surface area contributed by atoms with Crippen molar-refractivity contribution in [3.8, 4) is 0 Å². The molecule has 30 heavy (non-hydrogen) atoms. The van der Waals surface area contributed by atoms with E-state index in [1.807, 2.05) is 0 Å². The maximum Gasteiger partial charge on any atom is 0.303 e. The molecule has 4 atom stereocenters. The first kappa shape index (κ1) is 25.3. The highest BCUT2D eigenvalue weighted by Gasteiger charge is 2.66. The average Bonchev–Trinajstić information content (AvgIpc) is 2.57. The fraction of sp³-hybridized carbons (Fsp3) is 0.722. The summed E-state index contributed by atoms with van der Waals surface area (Å²) < 4.78 is 25.8. The molecular weight excluding hydrogens is 408 g/mol. The number of ether oxygens (including phenoxy) is 5. The molecule has 1 aliphatic carbocycles. The summed E-state index contributed by atoms with van der Waals surface area (Å²) in [4.78, 5) is 58.5. The normalized spacial score (nSPS) is 30.6. The number of carbonyl (C=O) groups excluding carboxylic acids is 5. The molecule has 0 saturated heterocycles. The number of rotatable bonds is 7. The Bertz CT molecular complexity index is 643. The smallest absolute Gasteiger partial charge is 0.303 e. The Kier molecular flexibility index (Phi) is 8.73. The fourth-order valence-corrected chi connectivity index (χ4v) is 3.39. The Balaban J connectivity index is 3.74. The van der Waals surface area contributed by atoms with E-state index in [1.165, 1.54) is 0 Å². The van der Waals surface area contributed by atoms with Gasteiger partial charge in [0.1, 0.15) is 5.60 Å². The molecule has 1 fully saturated rings. The third-order valence-corrected chi connectivity index (χ3v) is 4.23. The zero-order chi connectivity index (χ0) is 23.2. The summed E-state index contributed by atoms with van der Waals surface area (Å²) in [6.07, 6.45) is -8.93. The van der Waals surface area contributed by atoms with Gasteiger partial charge in [-0.05, 0) is 0 Å². The molecule has 1 saturated carbocycles. The average molecular weight is 434 g/mol. The maximum absolute atomic E-state index is 11.7. The lowest BCUT2D eigenvalue weighted by atomic mass is 9.72. The van der Waals surface area contributed by atoms with Crippen LogP contribution in [0.3, 0.4) is 0 Å². The van der Waals surface area contributed by atoms with Gasteiger partial charge in [0.2, 0.25) is 0 Å². The van der Waals surface area contributed by atoms with E-state index in [2.05, 4.69) is 0 Å². The molecule has 170 valence electrons. The summed E-state index contributed by atoms with van der Waals surface area (Å²) in [5.74, 6) is -4.50. The van der Waals surface area contributed by atoms with Crippen LogP contribution >= 0.6 is 0 Å². The summed E-state index contributed by atoms with van der Waals surface area (Å²) in [6, 6.07) is 0. The Hall–Kier alpha value is -2.73. The molecule has 12 nitrogen and oxygen atoms in total. The van der Waals surface area contributed by atoms with Crippen LogP contribution in [0.5, 0.6) is 0 Å². The molecule has 0 radical (unpaired) electrons. The summed E-state index contributed by atoms with van der Waals surface area (Å²) >= 11 is 0. The van der Waals surface area contributed by atoms with Gasteiger partial charge >= 0.3 is 29.8 Å². The van der Waals surface area contributed by atoms with Crippen LogP contribution in [0.25, 0.3) is 0 Å². The molecule has 0 aliphatic heterocycles. The van der Waals surface area contributed by atoms with Crippen molar-refractivity contribution in [2.45, 2.75) is 77.2 Å². The van der Waals surface area contributed by atoms with Crippen molar-refractivity contribution >= 4 is 29.8 Å². The van der Waals surface area contributed by atoms with E-state index in [1.54, 1.807) is 0 Å². The van der Waals surface area contributed by atoms with Crippen molar-refractivity contribution in [3.05, 3.63) is 0 Å². The Morgan fingerprint density at radius 3 is 1.20 bits per heavy atom. The molecule has 4 unspecified atom stereocenters. The van der Waals surface area contributed by atoms with Gasteiger partial charge in [-0.1, -0.05) is 0 Å². The number of hydrogen-bond acceptors (Lipinski definition) is 12.